The van der Waals surface area contributed by atoms with Crippen LogP contribution in [0.3, 0.4) is 0 Å². The molecular formula is C30H42N6O4S. The van der Waals surface area contributed by atoms with Crippen molar-refractivity contribution >= 4 is 27.6 Å². The summed E-state index contributed by atoms with van der Waals surface area (Å²) in [5, 5.41) is 9.06. The van der Waals surface area contributed by atoms with E-state index < -0.39 is 15.3 Å². The maximum atomic E-state index is 13.5. The second kappa shape index (κ2) is 14.0. The zero-order valence-corrected chi connectivity index (χ0v) is 25.2. The van der Waals surface area contributed by atoms with Crippen molar-refractivity contribution in [2.24, 2.45) is 17.8 Å². The summed E-state index contributed by atoms with van der Waals surface area (Å²) in [6.07, 6.45) is 5.78. The van der Waals surface area contributed by atoms with Gasteiger partial charge in [0.25, 0.3) is 5.91 Å². The fraction of sp³-hybridized carbons (Fsp3) is 0.567. The molecule has 0 aliphatic heterocycles. The van der Waals surface area contributed by atoms with Crippen molar-refractivity contribution in [2.45, 2.75) is 57.7 Å². The Morgan fingerprint density at radius 1 is 1.24 bits per heavy atom. The number of hydrogen-bond donors (Lipinski definition) is 3. The maximum absolute atomic E-state index is 13.5. The number of ether oxygens (including phenoxy) is 1. The highest BCUT2D eigenvalue weighted by Gasteiger charge is 2.32. The monoisotopic (exact) mass is 582 g/mol. The summed E-state index contributed by atoms with van der Waals surface area (Å²) in [6, 6.07) is 8.28. The van der Waals surface area contributed by atoms with Crippen molar-refractivity contribution in [3.8, 4) is 17.7 Å². The number of sulfonamides is 1. The van der Waals surface area contributed by atoms with Crippen LogP contribution in [0.25, 0.3) is 0 Å². The van der Waals surface area contributed by atoms with Gasteiger partial charge in [-0.1, -0.05) is 24.8 Å². The molecule has 10 nitrogen and oxygen atoms in total. The van der Waals surface area contributed by atoms with Gasteiger partial charge in [0.1, 0.15) is 18.2 Å². The summed E-state index contributed by atoms with van der Waals surface area (Å²) in [5.41, 5.74) is 0.318. The van der Waals surface area contributed by atoms with Crippen LogP contribution in [0.15, 0.2) is 36.5 Å². The molecule has 41 heavy (non-hydrogen) atoms. The van der Waals surface area contributed by atoms with Crippen LogP contribution in [-0.4, -0.2) is 68.9 Å². The first-order valence-corrected chi connectivity index (χ1v) is 15.9. The first-order chi connectivity index (χ1) is 19.6. The minimum Gasteiger partial charge on any atom is -0.475 e. The van der Waals surface area contributed by atoms with Crippen molar-refractivity contribution in [3.05, 3.63) is 42.1 Å². The fourth-order valence-electron chi connectivity index (χ4n) is 4.20. The molecule has 2 aliphatic carbocycles. The lowest BCUT2D eigenvalue weighted by molar-refractivity contribution is 0.0917. The Hall–Kier alpha value is -3.36. The molecule has 222 valence electrons. The van der Waals surface area contributed by atoms with Crippen molar-refractivity contribution in [1.29, 1.82) is 0 Å². The van der Waals surface area contributed by atoms with Crippen LogP contribution in [0.2, 0.25) is 0 Å². The van der Waals surface area contributed by atoms with E-state index in [2.05, 4.69) is 44.7 Å². The number of aromatic nitrogens is 2. The zero-order chi connectivity index (χ0) is 29.4. The molecule has 0 bridgehead atoms. The molecule has 3 N–H and O–H groups in total. The lowest BCUT2D eigenvalue weighted by atomic mass is 10.1. The molecule has 2 fully saturated rings. The van der Waals surface area contributed by atoms with E-state index in [0.717, 1.165) is 17.3 Å². The van der Waals surface area contributed by atoms with Gasteiger partial charge in [0.05, 0.1) is 17.8 Å². The van der Waals surface area contributed by atoms with Crippen LogP contribution in [0.4, 0.5) is 11.6 Å². The standard InChI is InChI=1S/C30H42N6O4S/c1-21(2)41(38,39)36(4)28-18-24(17-27(35-28)33-19-25-16-22(25)3)30(37)34-26(20-40-29-9-5-6-14-32-29)12-15-31-13-7-8-23-10-11-23/h5-6,9,14,17-18,21-23,25-26,31H,10-13,15-16,19-20H2,1-4H3,(H,33,35)(H,34,37). The number of rotatable bonds is 15. The third kappa shape index (κ3) is 9.33. The number of nitrogens with one attached hydrogen (secondary N) is 3. The van der Waals surface area contributed by atoms with E-state index in [0.29, 0.717) is 54.5 Å². The Bertz CT molecular complexity index is 1340. The SMILES string of the molecule is CC1CC1CNc1cc(C(=O)NC(CCNCC#CC2CC2)COc2ccccn2)cc(N(C)S(=O)(=O)C(C)C)n1. The van der Waals surface area contributed by atoms with Gasteiger partial charge >= 0.3 is 0 Å². The minimum absolute atomic E-state index is 0.190. The topological polar surface area (TPSA) is 126 Å². The molecule has 3 unspecified atom stereocenters. The molecule has 0 aromatic carbocycles. The predicted octanol–water partition coefficient (Wildman–Crippen LogP) is 3.29. The molecule has 11 heteroatoms. The summed E-state index contributed by atoms with van der Waals surface area (Å²) >= 11 is 0. The van der Waals surface area contributed by atoms with Gasteiger partial charge in [-0.2, -0.15) is 0 Å². The third-order valence-electron chi connectivity index (χ3n) is 7.37. The molecule has 2 aromatic heterocycles. The van der Waals surface area contributed by atoms with E-state index in [4.69, 9.17) is 4.74 Å². The third-order valence-corrected chi connectivity index (χ3v) is 9.51. The van der Waals surface area contributed by atoms with Gasteiger partial charge in [-0.15, -0.1) is 0 Å². The zero-order valence-electron chi connectivity index (χ0n) is 24.4. The molecular weight excluding hydrogens is 540 g/mol. The Balaban J connectivity index is 1.47. The molecule has 1 amide bonds. The Kier molecular flexibility index (Phi) is 10.5. The molecule has 2 aliphatic rings. The van der Waals surface area contributed by atoms with Crippen LogP contribution in [0.1, 0.15) is 56.8 Å². The Morgan fingerprint density at radius 3 is 2.68 bits per heavy atom. The summed E-state index contributed by atoms with van der Waals surface area (Å²) < 4.78 is 32.8. The number of carbonyl (C=O) groups is 1. The van der Waals surface area contributed by atoms with Gasteiger partial charge < -0.3 is 20.7 Å². The largest absolute Gasteiger partial charge is 0.475 e. The highest BCUT2D eigenvalue weighted by atomic mass is 32.2. The summed E-state index contributed by atoms with van der Waals surface area (Å²) in [4.78, 5) is 22.3. The number of amides is 1. The van der Waals surface area contributed by atoms with E-state index in [1.807, 2.05) is 12.1 Å². The summed E-state index contributed by atoms with van der Waals surface area (Å²) in [5.74, 6) is 8.93. The second-order valence-corrected chi connectivity index (χ2v) is 13.7. The number of nitrogens with zero attached hydrogens (tertiary/aromatic N) is 3. The molecule has 4 rings (SSSR count). The predicted molar refractivity (Wildman–Crippen MR) is 161 cm³/mol. The lowest BCUT2D eigenvalue weighted by Gasteiger charge is -2.23. The molecule has 0 radical (unpaired) electrons. The molecule has 2 saturated carbocycles. The van der Waals surface area contributed by atoms with Crippen molar-refractivity contribution < 1.29 is 17.9 Å². The van der Waals surface area contributed by atoms with Gasteiger partial charge in [0.15, 0.2) is 0 Å². The summed E-state index contributed by atoms with van der Waals surface area (Å²) in [7, 11) is -2.17. The van der Waals surface area contributed by atoms with Crippen LogP contribution >= 0.6 is 0 Å². The first-order valence-electron chi connectivity index (χ1n) is 14.4. The van der Waals surface area contributed by atoms with Crippen molar-refractivity contribution in [2.75, 3.05) is 42.9 Å². The number of anilines is 2. The van der Waals surface area contributed by atoms with Crippen molar-refractivity contribution in [3.63, 3.8) is 0 Å². The second-order valence-electron chi connectivity index (χ2n) is 11.2. The van der Waals surface area contributed by atoms with Crippen LogP contribution in [0.5, 0.6) is 5.88 Å². The fourth-order valence-corrected chi connectivity index (χ4v) is 5.19. The lowest BCUT2D eigenvalue weighted by Crippen LogP contribution is -2.41. The number of hydrogen-bond acceptors (Lipinski definition) is 8. The van der Waals surface area contributed by atoms with Crippen LogP contribution in [-0.2, 0) is 10.0 Å². The average molecular weight is 583 g/mol. The number of pyridine rings is 2. The van der Waals surface area contributed by atoms with Gasteiger partial charge in [0.2, 0.25) is 15.9 Å². The highest BCUT2D eigenvalue weighted by molar-refractivity contribution is 7.93. The molecule has 0 spiro atoms. The van der Waals surface area contributed by atoms with E-state index in [-0.39, 0.29) is 24.4 Å². The van der Waals surface area contributed by atoms with Crippen LogP contribution in [0, 0.1) is 29.6 Å². The molecule has 2 heterocycles. The van der Waals surface area contributed by atoms with Crippen molar-refractivity contribution in [1.82, 2.24) is 20.6 Å². The maximum Gasteiger partial charge on any atom is 0.251 e. The Morgan fingerprint density at radius 2 is 2.02 bits per heavy atom. The van der Waals surface area contributed by atoms with E-state index >= 15 is 0 Å². The molecule has 2 aromatic rings. The van der Waals surface area contributed by atoms with E-state index in [1.54, 1.807) is 32.2 Å². The Labute approximate surface area is 244 Å². The minimum atomic E-state index is -3.64. The average Bonchev–Trinajstić information content (AvgIpc) is 3.90. The van der Waals surface area contributed by atoms with Gasteiger partial charge in [0, 0.05) is 37.3 Å². The highest BCUT2D eigenvalue weighted by Crippen LogP contribution is 2.37. The van der Waals surface area contributed by atoms with Gasteiger partial charge in [-0.3, -0.25) is 9.10 Å². The molecule has 0 saturated heterocycles. The first kappa shape index (κ1) is 30.6. The normalized spacial score (nSPS) is 18.7. The van der Waals surface area contributed by atoms with Gasteiger partial charge in [-0.25, -0.2) is 18.4 Å². The quantitative estimate of drug-likeness (QED) is 0.216. The summed E-state index contributed by atoms with van der Waals surface area (Å²) in [6.45, 7) is 7.61. The smallest absolute Gasteiger partial charge is 0.251 e. The molecule has 3 atom stereocenters. The number of carbonyl (C=O) groups excluding carboxylic acids is 1. The van der Waals surface area contributed by atoms with Crippen LogP contribution < -0.4 is 25.0 Å². The van der Waals surface area contributed by atoms with Gasteiger partial charge in [-0.05, 0) is 76.1 Å². The van der Waals surface area contributed by atoms with E-state index in [9.17, 15) is 13.2 Å². The van der Waals surface area contributed by atoms with E-state index in [1.165, 1.54) is 26.0 Å².